The normalized spacial score (nSPS) is 16.8. The lowest BCUT2D eigenvalue weighted by atomic mass is 10.0. The van der Waals surface area contributed by atoms with Crippen molar-refractivity contribution >= 4 is 18.0 Å². The van der Waals surface area contributed by atoms with Gasteiger partial charge in [0.15, 0.2) is 0 Å². The van der Waals surface area contributed by atoms with Crippen LogP contribution in [0.5, 0.6) is 0 Å². The smallest absolute Gasteiger partial charge is 0.340 e. The molecule has 5 heteroatoms. The van der Waals surface area contributed by atoms with Gasteiger partial charge in [-0.25, -0.2) is 9.18 Å². The van der Waals surface area contributed by atoms with Crippen LogP contribution in [0, 0.1) is 5.82 Å². The molecule has 1 atom stereocenters. The van der Waals surface area contributed by atoms with Gasteiger partial charge >= 0.3 is 5.97 Å². The van der Waals surface area contributed by atoms with E-state index in [0.29, 0.717) is 5.70 Å². The summed E-state index contributed by atoms with van der Waals surface area (Å²) < 4.78 is 19.0. The molecule has 0 bridgehead atoms. The Morgan fingerprint density at radius 1 is 1.11 bits per heavy atom. The molecule has 1 aliphatic rings. The van der Waals surface area contributed by atoms with Crippen molar-refractivity contribution in [1.82, 2.24) is 4.90 Å². The van der Waals surface area contributed by atoms with Crippen LogP contribution in [0.4, 0.5) is 4.39 Å². The number of rotatable bonds is 4. The largest absolute Gasteiger partial charge is 0.465 e. The highest BCUT2D eigenvalue weighted by Crippen LogP contribution is 2.37. The molecular weight excluding hydrogens is 345 g/mol. The number of halogens is 1. The van der Waals surface area contributed by atoms with E-state index in [1.54, 1.807) is 30.0 Å². The van der Waals surface area contributed by atoms with Crippen molar-refractivity contribution in [3.8, 4) is 0 Å². The van der Waals surface area contributed by atoms with Gasteiger partial charge in [-0.2, -0.15) is 0 Å². The van der Waals surface area contributed by atoms with Crippen LogP contribution in [0.1, 0.15) is 31.0 Å². The van der Waals surface area contributed by atoms with Crippen LogP contribution in [0.2, 0.25) is 0 Å². The molecule has 1 amide bonds. The van der Waals surface area contributed by atoms with E-state index in [0.717, 1.165) is 5.56 Å². The fourth-order valence-electron chi connectivity index (χ4n) is 3.29. The molecular formula is C22H20FNO3. The average Bonchev–Trinajstić information content (AvgIpc) is 2.93. The number of hydrogen-bond acceptors (Lipinski definition) is 3. The van der Waals surface area contributed by atoms with Gasteiger partial charge in [0.25, 0.3) is 5.91 Å². The number of methoxy groups -OCH3 is 1. The van der Waals surface area contributed by atoms with Gasteiger partial charge in [-0.3, -0.25) is 4.79 Å². The van der Waals surface area contributed by atoms with Crippen LogP contribution in [-0.4, -0.2) is 23.9 Å². The lowest BCUT2D eigenvalue weighted by Gasteiger charge is -2.26. The number of hydrogen-bond donors (Lipinski definition) is 0. The second-order valence-corrected chi connectivity index (χ2v) is 6.29. The molecule has 0 saturated heterocycles. The van der Waals surface area contributed by atoms with Gasteiger partial charge in [0, 0.05) is 11.3 Å². The van der Waals surface area contributed by atoms with Gasteiger partial charge in [0.1, 0.15) is 5.82 Å². The number of nitrogens with zero attached hydrogens (tertiary/aromatic N) is 1. The number of carbonyl (C=O) groups is 2. The fourth-order valence-corrected chi connectivity index (χ4v) is 3.29. The Labute approximate surface area is 157 Å². The van der Waals surface area contributed by atoms with Crippen molar-refractivity contribution in [2.24, 2.45) is 0 Å². The van der Waals surface area contributed by atoms with Crippen LogP contribution in [0.15, 0.2) is 71.4 Å². The molecule has 0 fully saturated rings. The van der Waals surface area contributed by atoms with Crippen molar-refractivity contribution in [3.63, 3.8) is 0 Å². The third-order valence-corrected chi connectivity index (χ3v) is 4.71. The first-order valence-electron chi connectivity index (χ1n) is 8.60. The first-order valence-corrected chi connectivity index (χ1v) is 8.60. The molecule has 0 aliphatic carbocycles. The van der Waals surface area contributed by atoms with E-state index in [1.165, 1.54) is 19.3 Å². The molecule has 0 unspecified atom stereocenters. The summed E-state index contributed by atoms with van der Waals surface area (Å²) in [7, 11) is 1.26. The van der Waals surface area contributed by atoms with E-state index in [2.05, 4.69) is 0 Å². The molecule has 0 spiro atoms. The zero-order valence-corrected chi connectivity index (χ0v) is 15.4. The number of allylic oxidation sites excluding steroid dienone is 1. The van der Waals surface area contributed by atoms with Crippen LogP contribution in [0.3, 0.4) is 0 Å². The van der Waals surface area contributed by atoms with Crippen molar-refractivity contribution in [2.45, 2.75) is 19.9 Å². The molecule has 0 aromatic heterocycles. The third kappa shape index (κ3) is 3.40. The predicted molar refractivity (Wildman–Crippen MR) is 101 cm³/mol. The molecule has 0 N–H and O–H groups in total. The molecule has 2 aromatic rings. The maximum atomic E-state index is 14.1. The van der Waals surface area contributed by atoms with Crippen molar-refractivity contribution in [1.29, 1.82) is 0 Å². The molecule has 1 heterocycles. The minimum absolute atomic E-state index is 0.132. The van der Waals surface area contributed by atoms with Crippen LogP contribution >= 0.6 is 0 Å². The van der Waals surface area contributed by atoms with Crippen molar-refractivity contribution in [3.05, 3.63) is 88.4 Å². The minimum Gasteiger partial charge on any atom is -0.465 e. The molecule has 0 radical (unpaired) electrons. The highest BCUT2D eigenvalue weighted by molar-refractivity contribution is 6.16. The standard InChI is InChI=1S/C22H20FNO3/c1-14(16-9-5-4-6-10-16)24-15(2)20(22(26)27-3)18(21(24)25)13-17-11-7-8-12-19(17)23/h4-14H,1-3H3/b18-13-/t14-/m1/s1. The Hall–Kier alpha value is -3.21. The fraction of sp³-hybridized carbons (Fsp3) is 0.182. The molecule has 2 aromatic carbocycles. The van der Waals surface area contributed by atoms with E-state index >= 15 is 0 Å². The summed E-state index contributed by atoms with van der Waals surface area (Å²) in [5.74, 6) is -1.44. The molecule has 1 aliphatic heterocycles. The number of ether oxygens (including phenoxy) is 1. The molecule has 3 rings (SSSR count). The maximum Gasteiger partial charge on any atom is 0.340 e. The van der Waals surface area contributed by atoms with Gasteiger partial charge < -0.3 is 9.64 Å². The molecule has 0 saturated carbocycles. The van der Waals surface area contributed by atoms with Gasteiger partial charge in [0.05, 0.1) is 24.3 Å². The summed E-state index contributed by atoms with van der Waals surface area (Å²) in [5.41, 5.74) is 1.96. The maximum absolute atomic E-state index is 14.1. The Morgan fingerprint density at radius 2 is 1.74 bits per heavy atom. The Bertz CT molecular complexity index is 947. The van der Waals surface area contributed by atoms with E-state index in [-0.39, 0.29) is 28.7 Å². The second kappa shape index (κ2) is 7.58. The highest BCUT2D eigenvalue weighted by Gasteiger charge is 2.39. The van der Waals surface area contributed by atoms with Gasteiger partial charge in [0.2, 0.25) is 0 Å². The second-order valence-electron chi connectivity index (χ2n) is 6.29. The van der Waals surface area contributed by atoms with Gasteiger partial charge in [-0.15, -0.1) is 0 Å². The van der Waals surface area contributed by atoms with E-state index in [9.17, 15) is 14.0 Å². The Kier molecular flexibility index (Phi) is 5.21. The van der Waals surface area contributed by atoms with Crippen molar-refractivity contribution < 1.29 is 18.7 Å². The lowest BCUT2D eigenvalue weighted by molar-refractivity contribution is -0.136. The topological polar surface area (TPSA) is 46.6 Å². The van der Waals surface area contributed by atoms with E-state index < -0.39 is 11.8 Å². The minimum atomic E-state index is -0.619. The monoisotopic (exact) mass is 365 g/mol. The SMILES string of the molecule is COC(=O)C1=C(C)N([C@H](C)c2ccccc2)C(=O)/C1=C\c1ccccc1F. The van der Waals surface area contributed by atoms with Gasteiger partial charge in [-0.1, -0.05) is 48.5 Å². The lowest BCUT2D eigenvalue weighted by Crippen LogP contribution is -2.28. The molecule has 138 valence electrons. The predicted octanol–water partition coefficient (Wildman–Crippen LogP) is 4.26. The Balaban J connectivity index is 2.11. The Morgan fingerprint density at radius 3 is 2.37 bits per heavy atom. The summed E-state index contributed by atoms with van der Waals surface area (Å²) in [4.78, 5) is 27.1. The first-order chi connectivity index (χ1) is 13.0. The summed E-state index contributed by atoms with van der Waals surface area (Å²) in [6.45, 7) is 3.59. The number of amides is 1. The summed E-state index contributed by atoms with van der Waals surface area (Å²) >= 11 is 0. The van der Waals surface area contributed by atoms with Crippen LogP contribution < -0.4 is 0 Å². The summed E-state index contributed by atoms with van der Waals surface area (Å²) in [6.07, 6.45) is 1.41. The zero-order valence-electron chi connectivity index (χ0n) is 15.4. The number of esters is 1. The summed E-state index contributed by atoms with van der Waals surface area (Å²) in [6, 6.07) is 15.3. The number of carbonyl (C=O) groups excluding carboxylic acids is 2. The highest BCUT2D eigenvalue weighted by atomic mass is 19.1. The first kappa shape index (κ1) is 18.6. The third-order valence-electron chi connectivity index (χ3n) is 4.71. The molecule has 27 heavy (non-hydrogen) atoms. The molecule has 4 nitrogen and oxygen atoms in total. The zero-order chi connectivity index (χ0) is 19.6. The number of benzene rings is 2. The van der Waals surface area contributed by atoms with Crippen LogP contribution in [-0.2, 0) is 14.3 Å². The van der Waals surface area contributed by atoms with E-state index in [4.69, 9.17) is 4.74 Å². The van der Waals surface area contributed by atoms with Gasteiger partial charge in [-0.05, 0) is 31.6 Å². The van der Waals surface area contributed by atoms with E-state index in [1.807, 2.05) is 37.3 Å². The quantitative estimate of drug-likeness (QED) is 0.601. The van der Waals surface area contributed by atoms with Crippen molar-refractivity contribution in [2.75, 3.05) is 7.11 Å². The summed E-state index contributed by atoms with van der Waals surface area (Å²) in [5, 5.41) is 0. The average molecular weight is 365 g/mol. The van der Waals surface area contributed by atoms with Crippen LogP contribution in [0.25, 0.3) is 6.08 Å².